The lowest BCUT2D eigenvalue weighted by molar-refractivity contribution is 0.641. The SMILES string of the molecule is CC(C)(C)p1op(C(C)(C)C)p(C(C)(C)C)p1C(C)(C)C. The first kappa shape index (κ1) is 20.0. The molecule has 4 atom stereocenters. The summed E-state index contributed by atoms with van der Waals surface area (Å²) in [5.74, 6) is 0. The number of hydrogen-bond acceptors (Lipinski definition) is 1. The van der Waals surface area contributed by atoms with E-state index in [1.807, 2.05) is 0 Å². The summed E-state index contributed by atoms with van der Waals surface area (Å²) < 4.78 is 6.96. The molecule has 126 valence electrons. The zero-order valence-corrected chi connectivity index (χ0v) is 19.8. The summed E-state index contributed by atoms with van der Waals surface area (Å²) >= 11 is 0. The lowest BCUT2D eigenvalue weighted by Gasteiger charge is -2.32. The van der Waals surface area contributed by atoms with Gasteiger partial charge in [-0.2, -0.15) is 0 Å². The van der Waals surface area contributed by atoms with Gasteiger partial charge < -0.3 is 3.98 Å². The quantitative estimate of drug-likeness (QED) is 0.444. The van der Waals surface area contributed by atoms with Crippen LogP contribution in [0, 0.1) is 0 Å². The molecule has 0 aromatic carbocycles. The van der Waals surface area contributed by atoms with E-state index in [1.54, 1.807) is 0 Å². The first-order valence-corrected chi connectivity index (χ1v) is 15.2. The summed E-state index contributed by atoms with van der Waals surface area (Å²) in [7, 11) is -0.645. The smallest absolute Gasteiger partial charge is 0.0745 e. The minimum absolute atomic E-state index is 0.0565. The van der Waals surface area contributed by atoms with Gasteiger partial charge in [0.2, 0.25) is 0 Å². The molecular formula is C16H36OP4. The molecule has 1 heterocycles. The van der Waals surface area contributed by atoms with Crippen molar-refractivity contribution in [2.45, 2.75) is 104 Å². The van der Waals surface area contributed by atoms with Gasteiger partial charge in [-0.05, 0) is 55.3 Å². The standard InChI is InChI=1S/C16H36OP4/c1-13(2,3)18-17-19(14(4,5)6)21(16(10,11)12)20(18)15(7,8)9/h1-12H3. The van der Waals surface area contributed by atoms with Crippen LogP contribution in [-0.2, 0) is 20.6 Å². The van der Waals surface area contributed by atoms with Gasteiger partial charge in [-0.1, -0.05) is 41.5 Å². The Labute approximate surface area is 136 Å². The minimum Gasteiger partial charge on any atom is -0.435 e. The van der Waals surface area contributed by atoms with Gasteiger partial charge in [-0.3, -0.25) is 0 Å². The molecule has 0 bridgehead atoms. The Morgan fingerprint density at radius 2 is 0.667 bits per heavy atom. The Hall–Kier alpha value is 1.00. The highest BCUT2D eigenvalue weighted by atomic mass is 32.4. The summed E-state index contributed by atoms with van der Waals surface area (Å²) in [6, 6.07) is 0. The molecule has 0 fully saturated rings. The van der Waals surface area contributed by atoms with Crippen molar-refractivity contribution >= 4 is 28.7 Å². The highest BCUT2D eigenvalue weighted by molar-refractivity contribution is 8.48. The second kappa shape index (κ2) is 5.82. The van der Waals surface area contributed by atoms with Gasteiger partial charge in [0.1, 0.15) is 0 Å². The molecule has 0 aliphatic rings. The van der Waals surface area contributed by atoms with Crippen LogP contribution in [0.2, 0.25) is 0 Å². The van der Waals surface area contributed by atoms with Gasteiger partial charge in [0.15, 0.2) is 0 Å². The monoisotopic (exact) mass is 368 g/mol. The first-order chi connectivity index (χ1) is 8.97. The van der Waals surface area contributed by atoms with Crippen molar-refractivity contribution in [3.8, 4) is 0 Å². The Kier molecular flexibility index (Phi) is 5.55. The zero-order valence-electron chi connectivity index (χ0n) is 16.2. The van der Waals surface area contributed by atoms with E-state index in [4.69, 9.17) is 3.98 Å². The Morgan fingerprint density at radius 3 is 0.810 bits per heavy atom. The second-order valence-electron chi connectivity index (χ2n) is 9.89. The van der Waals surface area contributed by atoms with Gasteiger partial charge >= 0.3 is 0 Å². The molecule has 0 radical (unpaired) electrons. The average molecular weight is 368 g/mol. The van der Waals surface area contributed by atoms with Gasteiger partial charge in [0, 0.05) is 20.6 Å². The van der Waals surface area contributed by atoms with E-state index in [2.05, 4.69) is 83.1 Å². The molecule has 21 heavy (non-hydrogen) atoms. The lowest BCUT2D eigenvalue weighted by atomic mass is 10.3. The van der Waals surface area contributed by atoms with E-state index < -0.39 is 0 Å². The summed E-state index contributed by atoms with van der Waals surface area (Å²) in [5, 5.41) is 1.41. The van der Waals surface area contributed by atoms with Crippen LogP contribution in [-0.4, -0.2) is 0 Å². The van der Waals surface area contributed by atoms with Crippen LogP contribution >= 0.6 is 28.7 Å². The van der Waals surface area contributed by atoms with Crippen molar-refractivity contribution in [3.05, 3.63) is 0 Å². The Morgan fingerprint density at radius 1 is 0.429 bits per heavy atom. The topological polar surface area (TPSA) is 13.1 Å². The largest absolute Gasteiger partial charge is 0.435 e. The summed E-state index contributed by atoms with van der Waals surface area (Å²) in [5.41, 5.74) is 0. The molecule has 4 unspecified atom stereocenters. The van der Waals surface area contributed by atoms with Crippen LogP contribution in [0.5, 0.6) is 0 Å². The molecule has 1 rings (SSSR count). The summed E-state index contributed by atoms with van der Waals surface area (Å²) in [6.07, 6.45) is 0. The van der Waals surface area contributed by atoms with Gasteiger partial charge in [0.05, 0.1) is 14.9 Å². The fraction of sp³-hybridized carbons (Fsp3) is 1.00. The lowest BCUT2D eigenvalue weighted by Crippen LogP contribution is -2.07. The zero-order chi connectivity index (χ0) is 17.0. The maximum atomic E-state index is 6.96. The molecular weight excluding hydrogens is 332 g/mol. The van der Waals surface area contributed by atoms with Crippen molar-refractivity contribution in [1.82, 2.24) is 0 Å². The molecule has 1 aromatic heterocycles. The number of rotatable bonds is 0. The van der Waals surface area contributed by atoms with Crippen LogP contribution in [0.25, 0.3) is 0 Å². The molecule has 0 spiro atoms. The highest BCUT2D eigenvalue weighted by Crippen LogP contribution is 2.89. The van der Waals surface area contributed by atoms with E-state index in [9.17, 15) is 0 Å². The maximum Gasteiger partial charge on any atom is 0.0745 e. The Bertz CT molecular complexity index is 470. The van der Waals surface area contributed by atoms with E-state index >= 15 is 0 Å². The van der Waals surface area contributed by atoms with E-state index in [1.165, 1.54) is 0 Å². The van der Waals surface area contributed by atoms with Gasteiger partial charge in [0.25, 0.3) is 0 Å². The molecule has 1 aromatic rings. The summed E-state index contributed by atoms with van der Waals surface area (Å²) in [4.78, 5) is 0. The predicted octanol–water partition coefficient (Wildman–Crippen LogP) is 9.37. The third-order valence-corrected chi connectivity index (χ3v) is 32.7. The second-order valence-corrected chi connectivity index (χ2v) is 27.0. The minimum atomic E-state index is -0.322. The van der Waals surface area contributed by atoms with Gasteiger partial charge in [-0.25, -0.2) is 0 Å². The molecule has 0 N–H and O–H groups in total. The first-order valence-electron chi connectivity index (χ1n) is 7.86. The van der Waals surface area contributed by atoms with E-state index in [0.29, 0.717) is 20.6 Å². The molecule has 0 aliphatic heterocycles. The van der Waals surface area contributed by atoms with Crippen molar-refractivity contribution < 1.29 is 3.98 Å². The van der Waals surface area contributed by atoms with Crippen molar-refractivity contribution in [3.63, 3.8) is 0 Å². The normalized spacial score (nSPS) is 18.1. The van der Waals surface area contributed by atoms with Crippen LogP contribution in [0.4, 0.5) is 0 Å². The van der Waals surface area contributed by atoms with Crippen molar-refractivity contribution in [2.75, 3.05) is 0 Å². The molecule has 0 saturated carbocycles. The summed E-state index contributed by atoms with van der Waals surface area (Å²) in [6.45, 7) is 29.1. The molecule has 5 heteroatoms. The molecule has 0 amide bonds. The van der Waals surface area contributed by atoms with Gasteiger partial charge in [-0.15, -0.1) is 0 Å². The van der Waals surface area contributed by atoms with Crippen LogP contribution in [0.3, 0.4) is 0 Å². The molecule has 0 aliphatic carbocycles. The fourth-order valence-corrected chi connectivity index (χ4v) is 41.2. The van der Waals surface area contributed by atoms with Crippen LogP contribution in [0.1, 0.15) is 83.1 Å². The van der Waals surface area contributed by atoms with Crippen molar-refractivity contribution in [2.24, 2.45) is 0 Å². The highest BCUT2D eigenvalue weighted by Gasteiger charge is 2.39. The fourth-order valence-electron chi connectivity index (χ4n) is 2.22. The van der Waals surface area contributed by atoms with E-state index in [-0.39, 0.29) is 28.7 Å². The molecule has 0 saturated heterocycles. The van der Waals surface area contributed by atoms with E-state index in [0.717, 1.165) is 0 Å². The Balaban J connectivity index is 3.93. The average Bonchev–Trinajstić information content (AvgIpc) is 2.52. The van der Waals surface area contributed by atoms with Crippen LogP contribution < -0.4 is 0 Å². The molecule has 1 nitrogen and oxygen atoms in total. The van der Waals surface area contributed by atoms with Crippen molar-refractivity contribution in [1.29, 1.82) is 0 Å². The third-order valence-electron chi connectivity index (χ3n) is 3.03. The van der Waals surface area contributed by atoms with Crippen LogP contribution in [0.15, 0.2) is 3.98 Å². The maximum absolute atomic E-state index is 6.96. The third kappa shape index (κ3) is 4.51. The number of hydrogen-bond donors (Lipinski definition) is 0. The predicted molar refractivity (Wildman–Crippen MR) is 107 cm³/mol.